The van der Waals surface area contributed by atoms with Crippen LogP contribution in [0.1, 0.15) is 9.67 Å². The number of hydrogen-bond acceptors (Lipinski definition) is 7. The molecule has 0 fully saturated rings. The van der Waals surface area contributed by atoms with Gasteiger partial charge in [0.05, 0.1) is 11.9 Å². The van der Waals surface area contributed by atoms with Crippen LogP contribution < -0.4 is 20.4 Å². The first-order chi connectivity index (χ1) is 14.0. The van der Waals surface area contributed by atoms with Crippen molar-refractivity contribution in [2.45, 2.75) is 0 Å². The number of thiophene rings is 1. The van der Waals surface area contributed by atoms with E-state index in [1.54, 1.807) is 42.4 Å². The zero-order chi connectivity index (χ0) is 20.5. The molecule has 1 aliphatic heterocycles. The molecule has 0 unspecified atom stereocenters. The molecule has 0 spiro atoms. The fourth-order valence-electron chi connectivity index (χ4n) is 2.97. The van der Waals surface area contributed by atoms with Gasteiger partial charge in [-0.1, -0.05) is 0 Å². The first kappa shape index (κ1) is 19.2. The van der Waals surface area contributed by atoms with E-state index in [9.17, 15) is 9.59 Å². The van der Waals surface area contributed by atoms with Crippen LogP contribution in [-0.4, -0.2) is 41.8 Å². The van der Waals surface area contributed by atoms with Gasteiger partial charge < -0.3 is 20.4 Å². The normalized spacial score (nSPS) is 12.9. The van der Waals surface area contributed by atoms with Crippen molar-refractivity contribution in [2.75, 3.05) is 40.4 Å². The summed E-state index contributed by atoms with van der Waals surface area (Å²) in [5.74, 6) is 0.573. The number of benzene rings is 1. The van der Waals surface area contributed by atoms with E-state index in [0.29, 0.717) is 28.0 Å². The summed E-state index contributed by atoms with van der Waals surface area (Å²) in [5.41, 5.74) is 2.85. The van der Waals surface area contributed by atoms with Crippen molar-refractivity contribution in [3.05, 3.63) is 46.8 Å². The smallest absolute Gasteiger partial charge is 0.270 e. The Morgan fingerprint density at radius 2 is 1.83 bits per heavy atom. The van der Waals surface area contributed by atoms with Crippen LogP contribution in [0.2, 0.25) is 0 Å². The number of nitrogens with zero attached hydrogens (tertiary/aromatic N) is 4. The maximum absolute atomic E-state index is 12.7. The third-order valence-corrected chi connectivity index (χ3v) is 5.61. The molecule has 0 aliphatic carbocycles. The second-order valence-electron chi connectivity index (χ2n) is 6.34. The molecule has 3 aromatic rings. The highest BCUT2D eigenvalue weighted by molar-refractivity contribution is 7.12. The second kappa shape index (κ2) is 7.69. The first-order valence-electron chi connectivity index (χ1n) is 8.67. The van der Waals surface area contributed by atoms with E-state index < -0.39 is 0 Å². The van der Waals surface area contributed by atoms with Crippen LogP contribution in [0, 0.1) is 0 Å². The third-order valence-electron chi connectivity index (χ3n) is 4.48. The lowest BCUT2D eigenvalue weighted by molar-refractivity contribution is -0.113. The van der Waals surface area contributed by atoms with Crippen LogP contribution in [-0.2, 0) is 4.79 Å². The number of halogens is 1. The summed E-state index contributed by atoms with van der Waals surface area (Å²) in [5, 5.41) is 7.72. The fraction of sp³-hybridized carbons (Fsp3) is 0.158. The molecule has 10 heteroatoms. The molecule has 148 valence electrons. The molecule has 1 aliphatic rings. The third kappa shape index (κ3) is 3.62. The van der Waals surface area contributed by atoms with Gasteiger partial charge in [-0.2, -0.15) is 4.98 Å². The number of amides is 2. The Morgan fingerprint density at radius 3 is 2.55 bits per heavy atom. The van der Waals surface area contributed by atoms with Crippen LogP contribution in [0.15, 0.2) is 41.9 Å². The van der Waals surface area contributed by atoms with E-state index in [1.165, 1.54) is 11.3 Å². The first-order valence-corrected chi connectivity index (χ1v) is 10.1. The summed E-state index contributed by atoms with van der Waals surface area (Å²) >= 11 is 6.90. The lowest BCUT2D eigenvalue weighted by Crippen LogP contribution is -2.25. The molecule has 0 saturated carbocycles. The average Bonchev–Trinajstić information content (AvgIpc) is 3.21. The van der Waals surface area contributed by atoms with Gasteiger partial charge in [-0.3, -0.25) is 9.59 Å². The number of carbonyl (C=O) groups is 2. The molecule has 0 saturated heterocycles. The molecule has 2 N–H and O–H groups in total. The lowest BCUT2D eigenvalue weighted by Gasteiger charge is -2.20. The Morgan fingerprint density at radius 1 is 1.10 bits per heavy atom. The van der Waals surface area contributed by atoms with E-state index in [2.05, 4.69) is 20.6 Å². The van der Waals surface area contributed by atoms with Crippen molar-refractivity contribution >= 4 is 69.3 Å². The fourth-order valence-corrected chi connectivity index (χ4v) is 3.94. The largest absolute Gasteiger partial charge is 0.326 e. The lowest BCUT2D eigenvalue weighted by atomic mass is 10.3. The molecule has 0 atom stereocenters. The maximum Gasteiger partial charge on any atom is 0.270 e. The van der Waals surface area contributed by atoms with Crippen molar-refractivity contribution in [3.8, 4) is 0 Å². The van der Waals surface area contributed by atoms with Gasteiger partial charge in [-0.25, -0.2) is 4.98 Å². The Labute approximate surface area is 176 Å². The van der Waals surface area contributed by atoms with Gasteiger partial charge in [0.15, 0.2) is 5.82 Å². The highest BCUT2D eigenvalue weighted by Crippen LogP contribution is 2.40. The van der Waals surface area contributed by atoms with Crippen LogP contribution in [0.4, 0.5) is 34.5 Å². The van der Waals surface area contributed by atoms with Crippen molar-refractivity contribution in [1.29, 1.82) is 0 Å². The number of nitrogens with one attached hydrogen (secondary N) is 2. The molecule has 2 aromatic heterocycles. The van der Waals surface area contributed by atoms with Crippen molar-refractivity contribution in [3.63, 3.8) is 0 Å². The summed E-state index contributed by atoms with van der Waals surface area (Å²) in [7, 11) is 3.59. The summed E-state index contributed by atoms with van der Waals surface area (Å²) in [6, 6.07) is 9.02. The zero-order valence-electron chi connectivity index (χ0n) is 15.6. The monoisotopic (exact) mass is 428 g/mol. The van der Waals surface area contributed by atoms with Gasteiger partial charge in [0.25, 0.3) is 5.91 Å². The van der Waals surface area contributed by atoms with E-state index in [1.807, 2.05) is 23.4 Å². The summed E-state index contributed by atoms with van der Waals surface area (Å²) in [6.07, 6.45) is 1.63. The average molecular weight is 429 g/mol. The molecule has 0 bridgehead atoms. The minimum Gasteiger partial charge on any atom is -0.326 e. The van der Waals surface area contributed by atoms with E-state index in [-0.39, 0.29) is 17.7 Å². The van der Waals surface area contributed by atoms with Gasteiger partial charge >= 0.3 is 0 Å². The summed E-state index contributed by atoms with van der Waals surface area (Å²) < 4.78 is 0. The minimum atomic E-state index is -0.268. The minimum absolute atomic E-state index is 0.0838. The number of aromatic nitrogens is 2. The molecular weight excluding hydrogens is 412 g/mol. The molecule has 3 heterocycles. The molecule has 1 aromatic carbocycles. The number of hydrogen-bond donors (Lipinski definition) is 2. The van der Waals surface area contributed by atoms with Gasteiger partial charge in [-0.15, -0.1) is 22.9 Å². The van der Waals surface area contributed by atoms with Crippen LogP contribution in [0.5, 0.6) is 0 Å². The number of carbonyl (C=O) groups excluding carboxylic acids is 2. The highest BCUT2D eigenvalue weighted by atomic mass is 35.5. The molecular formula is C19H17ClN6O2S. The molecule has 2 amide bonds. The Balaban J connectivity index is 1.61. The van der Waals surface area contributed by atoms with E-state index in [0.717, 1.165) is 11.4 Å². The van der Waals surface area contributed by atoms with Crippen molar-refractivity contribution < 1.29 is 9.59 Å². The number of rotatable bonds is 4. The topological polar surface area (TPSA) is 90.5 Å². The van der Waals surface area contributed by atoms with Gasteiger partial charge in [0.1, 0.15) is 16.4 Å². The molecule has 0 radical (unpaired) electrons. The van der Waals surface area contributed by atoms with Crippen LogP contribution >= 0.6 is 22.9 Å². The van der Waals surface area contributed by atoms with Crippen LogP contribution in [0.25, 0.3) is 0 Å². The Kier molecular flexibility index (Phi) is 5.08. The number of alkyl halides is 1. The SMILES string of the molecule is CN1C(=O)c2sccc2N(C)c2nc(Nc3ccc(NC(=O)CCl)cc3)ncc21. The maximum atomic E-state index is 12.7. The molecule has 29 heavy (non-hydrogen) atoms. The number of fused-ring (bicyclic) bond motifs is 2. The molecule has 8 nitrogen and oxygen atoms in total. The zero-order valence-corrected chi connectivity index (χ0v) is 17.2. The van der Waals surface area contributed by atoms with Gasteiger partial charge in [-0.05, 0) is 35.7 Å². The van der Waals surface area contributed by atoms with Crippen molar-refractivity contribution in [1.82, 2.24) is 9.97 Å². The number of anilines is 6. The van der Waals surface area contributed by atoms with E-state index >= 15 is 0 Å². The Hall–Kier alpha value is -3.17. The summed E-state index contributed by atoms with van der Waals surface area (Å²) in [6.45, 7) is 0. The van der Waals surface area contributed by atoms with Gasteiger partial charge in [0.2, 0.25) is 11.9 Å². The predicted molar refractivity (Wildman–Crippen MR) is 116 cm³/mol. The van der Waals surface area contributed by atoms with E-state index in [4.69, 9.17) is 11.6 Å². The molecule has 4 rings (SSSR count). The Bertz CT molecular complexity index is 1080. The standard InChI is InChI=1S/C19H17ClN6O2S/c1-25-13-7-8-29-16(13)18(28)26(2)14-10-21-19(24-17(14)25)23-12-5-3-11(4-6-12)22-15(27)9-20/h3-8,10H,9H2,1-2H3,(H,22,27)(H,21,23,24). The van der Waals surface area contributed by atoms with Crippen molar-refractivity contribution in [2.24, 2.45) is 0 Å². The van der Waals surface area contributed by atoms with Crippen LogP contribution in [0.3, 0.4) is 0 Å². The second-order valence-corrected chi connectivity index (χ2v) is 7.53. The highest BCUT2D eigenvalue weighted by Gasteiger charge is 2.30. The van der Waals surface area contributed by atoms with Gasteiger partial charge in [0, 0.05) is 25.5 Å². The summed E-state index contributed by atoms with van der Waals surface area (Å²) in [4.78, 5) is 37.2. The predicted octanol–water partition coefficient (Wildman–Crippen LogP) is 3.82. The quantitative estimate of drug-likeness (QED) is 0.614.